The molecule has 0 fully saturated rings. The van der Waals surface area contributed by atoms with Gasteiger partial charge in [0.25, 0.3) is 0 Å². The molecule has 0 aromatic heterocycles. The van der Waals surface area contributed by atoms with E-state index in [1.807, 2.05) is 13.8 Å². The topological polar surface area (TPSA) is 66.5 Å². The predicted molar refractivity (Wildman–Crippen MR) is 84.4 cm³/mol. The first kappa shape index (κ1) is 18.6. The molecule has 124 valence electrons. The van der Waals surface area contributed by atoms with Gasteiger partial charge in [-0.3, -0.25) is 4.79 Å². The Morgan fingerprint density at radius 3 is 2.50 bits per heavy atom. The zero-order valence-corrected chi connectivity index (χ0v) is 14.0. The molecule has 0 aliphatic rings. The summed E-state index contributed by atoms with van der Waals surface area (Å²) in [6.45, 7) is 4.21. The van der Waals surface area contributed by atoms with Crippen LogP contribution in [0.1, 0.15) is 19.4 Å². The maximum atomic E-state index is 13.6. The fourth-order valence-corrected chi connectivity index (χ4v) is 2.62. The van der Waals surface area contributed by atoms with E-state index >= 15 is 0 Å². The Morgan fingerprint density at radius 2 is 1.95 bits per heavy atom. The number of amides is 1. The van der Waals surface area contributed by atoms with Gasteiger partial charge in [-0.05, 0) is 24.0 Å². The van der Waals surface area contributed by atoms with E-state index in [0.717, 1.165) is 10.6 Å². The second-order valence-electron chi connectivity index (χ2n) is 5.64. The molecule has 0 atom stereocenters. The van der Waals surface area contributed by atoms with Crippen molar-refractivity contribution in [3.63, 3.8) is 0 Å². The molecular weight excluding hydrogens is 307 g/mol. The van der Waals surface area contributed by atoms with Crippen LogP contribution in [0, 0.1) is 11.7 Å². The van der Waals surface area contributed by atoms with Crippen molar-refractivity contribution in [3.05, 3.63) is 35.6 Å². The third-order valence-corrected chi connectivity index (χ3v) is 4.33. The lowest BCUT2D eigenvalue weighted by Gasteiger charge is -2.20. The highest BCUT2D eigenvalue weighted by molar-refractivity contribution is 7.88. The largest absolute Gasteiger partial charge is 0.355 e. The number of sulfonamides is 1. The quantitative estimate of drug-likeness (QED) is 0.783. The lowest BCUT2D eigenvalue weighted by Crippen LogP contribution is -2.42. The number of hydrogen-bond acceptors (Lipinski definition) is 3. The molecule has 0 radical (unpaired) electrons. The van der Waals surface area contributed by atoms with Crippen molar-refractivity contribution in [2.24, 2.45) is 5.92 Å². The number of nitrogens with zero attached hydrogens (tertiary/aromatic N) is 1. The van der Waals surface area contributed by atoms with Gasteiger partial charge in [-0.2, -0.15) is 4.31 Å². The van der Waals surface area contributed by atoms with Gasteiger partial charge in [-0.15, -0.1) is 0 Å². The minimum absolute atomic E-state index is 0.0644. The van der Waals surface area contributed by atoms with Gasteiger partial charge < -0.3 is 5.32 Å². The Balaban J connectivity index is 2.66. The minimum atomic E-state index is -3.53. The average Bonchev–Trinajstić information content (AvgIpc) is 2.41. The molecule has 0 heterocycles. The fraction of sp³-hybridized carbons (Fsp3) is 0.533. The van der Waals surface area contributed by atoms with Crippen LogP contribution in [-0.2, 0) is 21.2 Å². The lowest BCUT2D eigenvalue weighted by molar-refractivity contribution is -0.121. The summed E-state index contributed by atoms with van der Waals surface area (Å²) >= 11 is 0. The van der Waals surface area contributed by atoms with Gasteiger partial charge in [-0.1, -0.05) is 32.0 Å². The average molecular weight is 330 g/mol. The Bertz CT molecular complexity index is 603. The van der Waals surface area contributed by atoms with E-state index in [1.54, 1.807) is 18.2 Å². The highest BCUT2D eigenvalue weighted by atomic mass is 32.2. The second kappa shape index (κ2) is 8.24. The minimum Gasteiger partial charge on any atom is -0.355 e. The van der Waals surface area contributed by atoms with Crippen molar-refractivity contribution in [1.29, 1.82) is 0 Å². The number of nitrogens with one attached hydrogen (secondary N) is 1. The van der Waals surface area contributed by atoms with Crippen molar-refractivity contribution in [2.75, 3.05) is 25.9 Å². The molecule has 1 rings (SSSR count). The van der Waals surface area contributed by atoms with Crippen molar-refractivity contribution in [1.82, 2.24) is 9.62 Å². The van der Waals surface area contributed by atoms with E-state index < -0.39 is 10.0 Å². The van der Waals surface area contributed by atoms with Gasteiger partial charge in [0.05, 0.1) is 12.8 Å². The van der Waals surface area contributed by atoms with E-state index in [-0.39, 0.29) is 37.2 Å². The summed E-state index contributed by atoms with van der Waals surface area (Å²) in [6, 6.07) is 6.20. The normalized spacial score (nSPS) is 11.9. The molecule has 0 aliphatic carbocycles. The number of carbonyl (C=O) groups is 1. The number of halogens is 1. The molecule has 0 aliphatic heterocycles. The molecule has 0 saturated carbocycles. The van der Waals surface area contributed by atoms with Gasteiger partial charge >= 0.3 is 0 Å². The Morgan fingerprint density at radius 1 is 1.32 bits per heavy atom. The highest BCUT2D eigenvalue weighted by Crippen LogP contribution is 2.09. The standard InChI is InChI=1S/C15H23FN2O3S/c1-12(2)10-17-15(19)11-18(22(3,20)21)9-8-13-6-4-5-7-14(13)16/h4-7,12H,8-11H2,1-3H3,(H,17,19). The van der Waals surface area contributed by atoms with E-state index in [9.17, 15) is 17.6 Å². The van der Waals surface area contributed by atoms with Crippen LogP contribution in [0.25, 0.3) is 0 Å². The third kappa shape index (κ3) is 6.53. The van der Waals surface area contributed by atoms with Gasteiger partial charge in [0.15, 0.2) is 0 Å². The summed E-state index contributed by atoms with van der Waals surface area (Å²) < 4.78 is 38.2. The van der Waals surface area contributed by atoms with Gasteiger partial charge in [0, 0.05) is 13.1 Å². The smallest absolute Gasteiger partial charge is 0.235 e. The first-order valence-electron chi connectivity index (χ1n) is 7.15. The number of hydrogen-bond donors (Lipinski definition) is 1. The Kier molecular flexibility index (Phi) is 6.96. The first-order chi connectivity index (χ1) is 10.2. The van der Waals surface area contributed by atoms with E-state index in [1.165, 1.54) is 6.07 Å². The van der Waals surface area contributed by atoms with Crippen molar-refractivity contribution in [3.8, 4) is 0 Å². The van der Waals surface area contributed by atoms with E-state index in [4.69, 9.17) is 0 Å². The van der Waals surface area contributed by atoms with Crippen LogP contribution < -0.4 is 5.32 Å². The molecule has 1 N–H and O–H groups in total. The molecule has 0 bridgehead atoms. The first-order valence-corrected chi connectivity index (χ1v) is 9.00. The van der Waals surface area contributed by atoms with Crippen LogP contribution in [0.2, 0.25) is 0 Å². The summed E-state index contributed by atoms with van der Waals surface area (Å²) in [4.78, 5) is 11.8. The summed E-state index contributed by atoms with van der Waals surface area (Å²) in [5, 5.41) is 2.68. The van der Waals surface area contributed by atoms with E-state index in [2.05, 4.69) is 5.32 Å². The van der Waals surface area contributed by atoms with Crippen LogP contribution in [0.3, 0.4) is 0 Å². The summed E-state index contributed by atoms with van der Waals surface area (Å²) in [7, 11) is -3.53. The van der Waals surface area contributed by atoms with Crippen molar-refractivity contribution < 1.29 is 17.6 Å². The van der Waals surface area contributed by atoms with Crippen LogP contribution in [-0.4, -0.2) is 44.5 Å². The van der Waals surface area contributed by atoms with Crippen LogP contribution in [0.5, 0.6) is 0 Å². The number of carbonyl (C=O) groups excluding carboxylic acids is 1. The zero-order chi connectivity index (χ0) is 16.8. The van der Waals surface area contributed by atoms with E-state index in [0.29, 0.717) is 12.1 Å². The predicted octanol–water partition coefficient (Wildman–Crippen LogP) is 1.40. The zero-order valence-electron chi connectivity index (χ0n) is 13.2. The Hall–Kier alpha value is -1.47. The van der Waals surface area contributed by atoms with Gasteiger partial charge in [0.2, 0.25) is 15.9 Å². The monoisotopic (exact) mass is 330 g/mol. The Labute approximate surface area is 131 Å². The maximum absolute atomic E-state index is 13.6. The number of benzene rings is 1. The molecule has 0 unspecified atom stereocenters. The van der Waals surface area contributed by atoms with Crippen molar-refractivity contribution >= 4 is 15.9 Å². The highest BCUT2D eigenvalue weighted by Gasteiger charge is 2.20. The number of rotatable bonds is 8. The molecule has 5 nitrogen and oxygen atoms in total. The third-order valence-electron chi connectivity index (χ3n) is 3.08. The maximum Gasteiger partial charge on any atom is 0.235 e. The van der Waals surface area contributed by atoms with Crippen molar-refractivity contribution in [2.45, 2.75) is 20.3 Å². The van der Waals surface area contributed by atoms with Crippen LogP contribution >= 0.6 is 0 Å². The molecule has 1 amide bonds. The van der Waals surface area contributed by atoms with Gasteiger partial charge in [-0.25, -0.2) is 12.8 Å². The van der Waals surface area contributed by atoms with Gasteiger partial charge in [0.1, 0.15) is 5.82 Å². The summed E-state index contributed by atoms with van der Waals surface area (Å²) in [5.74, 6) is -0.443. The molecule has 1 aromatic carbocycles. The fourth-order valence-electron chi connectivity index (χ4n) is 1.84. The molecule has 22 heavy (non-hydrogen) atoms. The molecule has 0 spiro atoms. The molecule has 7 heteroatoms. The lowest BCUT2D eigenvalue weighted by atomic mass is 10.1. The molecule has 1 aromatic rings. The molecular formula is C15H23FN2O3S. The molecule has 0 saturated heterocycles. The summed E-state index contributed by atoms with van der Waals surface area (Å²) in [6.07, 6.45) is 1.27. The summed E-state index contributed by atoms with van der Waals surface area (Å²) in [5.41, 5.74) is 0.429. The van der Waals surface area contributed by atoms with Crippen LogP contribution in [0.4, 0.5) is 4.39 Å². The van der Waals surface area contributed by atoms with Crippen LogP contribution in [0.15, 0.2) is 24.3 Å². The second-order valence-corrected chi connectivity index (χ2v) is 7.62. The SMILES string of the molecule is CC(C)CNC(=O)CN(CCc1ccccc1F)S(C)(=O)=O.